The highest BCUT2D eigenvalue weighted by Gasteiger charge is 2.04. The average molecular weight is 208 g/mol. The van der Waals surface area contributed by atoms with Crippen LogP contribution in [0.2, 0.25) is 0 Å². The lowest BCUT2D eigenvalue weighted by molar-refractivity contribution is 0.611. The van der Waals surface area contributed by atoms with Gasteiger partial charge in [-0.15, -0.1) is 11.3 Å². The summed E-state index contributed by atoms with van der Waals surface area (Å²) < 4.78 is 13.3. The van der Waals surface area contributed by atoms with Gasteiger partial charge in [0.05, 0.1) is 0 Å². The second-order valence-electron chi connectivity index (χ2n) is 2.85. The number of aromatic nitrogens is 1. The molecule has 1 heterocycles. The lowest BCUT2D eigenvalue weighted by atomic mass is 10.1. The molecule has 0 aliphatic heterocycles. The first-order chi connectivity index (χ1) is 6.81. The quantitative estimate of drug-likeness (QED) is 0.823. The normalized spacial score (nSPS) is 10.4. The van der Waals surface area contributed by atoms with Crippen LogP contribution in [0.15, 0.2) is 29.8 Å². The first-order valence-corrected chi connectivity index (χ1v) is 5.07. The van der Waals surface area contributed by atoms with E-state index in [0.717, 1.165) is 10.6 Å². The van der Waals surface area contributed by atoms with Crippen molar-refractivity contribution in [2.45, 2.75) is 6.54 Å². The summed E-state index contributed by atoms with van der Waals surface area (Å²) in [6.07, 6.45) is 1.70. The van der Waals surface area contributed by atoms with Gasteiger partial charge in [-0.2, -0.15) is 0 Å². The molecule has 0 amide bonds. The third-order valence-electron chi connectivity index (χ3n) is 1.95. The molecule has 1 aromatic heterocycles. The Bertz CT molecular complexity index is 426. The number of hydrogen-bond donors (Lipinski definition) is 1. The van der Waals surface area contributed by atoms with Gasteiger partial charge in [-0.1, -0.05) is 12.1 Å². The van der Waals surface area contributed by atoms with Gasteiger partial charge in [-0.3, -0.25) is 0 Å². The fourth-order valence-corrected chi connectivity index (χ4v) is 1.85. The minimum atomic E-state index is -0.264. The molecule has 0 atom stereocenters. The Hall–Kier alpha value is -1.26. The molecular formula is C10H9FN2S. The van der Waals surface area contributed by atoms with Crippen molar-refractivity contribution in [3.05, 3.63) is 41.2 Å². The van der Waals surface area contributed by atoms with Crippen LogP contribution in [0.25, 0.3) is 10.6 Å². The van der Waals surface area contributed by atoms with Crippen molar-refractivity contribution in [2.24, 2.45) is 5.73 Å². The Balaban J connectivity index is 2.43. The smallest absolute Gasteiger partial charge is 0.128 e. The third kappa shape index (κ3) is 1.66. The molecule has 2 aromatic rings. The van der Waals surface area contributed by atoms with E-state index in [1.165, 1.54) is 17.4 Å². The predicted molar refractivity (Wildman–Crippen MR) is 55.4 cm³/mol. The van der Waals surface area contributed by atoms with Gasteiger partial charge < -0.3 is 5.73 Å². The van der Waals surface area contributed by atoms with E-state index in [0.29, 0.717) is 5.56 Å². The molecule has 0 unspecified atom stereocenters. The summed E-state index contributed by atoms with van der Waals surface area (Å²) in [4.78, 5) is 4.10. The third-order valence-corrected chi connectivity index (χ3v) is 2.77. The first kappa shape index (κ1) is 9.30. The zero-order chi connectivity index (χ0) is 9.97. The molecule has 0 aliphatic rings. The molecule has 0 saturated heterocycles. The van der Waals surface area contributed by atoms with Gasteiger partial charge in [0.15, 0.2) is 0 Å². The number of thiazole rings is 1. The molecule has 2 rings (SSSR count). The Morgan fingerprint density at radius 1 is 1.43 bits per heavy atom. The van der Waals surface area contributed by atoms with Crippen molar-refractivity contribution >= 4 is 11.3 Å². The summed E-state index contributed by atoms with van der Waals surface area (Å²) in [6.45, 7) is 0.226. The first-order valence-electron chi connectivity index (χ1n) is 4.19. The van der Waals surface area contributed by atoms with Crippen LogP contribution in [0.5, 0.6) is 0 Å². The van der Waals surface area contributed by atoms with E-state index < -0.39 is 0 Å². The van der Waals surface area contributed by atoms with Gasteiger partial charge in [0.2, 0.25) is 0 Å². The number of hydrogen-bond acceptors (Lipinski definition) is 3. The SMILES string of the molecule is NCc1ccc(-c2nccs2)cc1F. The van der Waals surface area contributed by atoms with Crippen LogP contribution in [-0.2, 0) is 6.54 Å². The molecule has 14 heavy (non-hydrogen) atoms. The molecule has 2 nitrogen and oxygen atoms in total. The molecule has 4 heteroatoms. The second-order valence-corrected chi connectivity index (χ2v) is 3.74. The van der Waals surface area contributed by atoms with Crippen LogP contribution in [-0.4, -0.2) is 4.98 Å². The Kier molecular flexibility index (Phi) is 2.56. The van der Waals surface area contributed by atoms with Crippen molar-refractivity contribution in [2.75, 3.05) is 0 Å². The summed E-state index contributed by atoms with van der Waals surface area (Å²) in [5.41, 5.74) is 6.70. The van der Waals surface area contributed by atoms with E-state index >= 15 is 0 Å². The van der Waals surface area contributed by atoms with Crippen molar-refractivity contribution in [3.63, 3.8) is 0 Å². The lowest BCUT2D eigenvalue weighted by Gasteiger charge is -2.01. The molecule has 0 spiro atoms. The molecular weight excluding hydrogens is 199 g/mol. The minimum absolute atomic E-state index is 0.226. The summed E-state index contributed by atoms with van der Waals surface area (Å²) >= 11 is 1.49. The number of benzene rings is 1. The predicted octanol–water partition coefficient (Wildman–Crippen LogP) is 2.41. The Labute approximate surface area is 85.2 Å². The summed E-state index contributed by atoms with van der Waals surface area (Å²) in [5, 5.41) is 2.69. The maximum absolute atomic E-state index is 13.3. The van der Waals surface area contributed by atoms with Crippen LogP contribution < -0.4 is 5.73 Å². The van der Waals surface area contributed by atoms with Crippen LogP contribution in [0, 0.1) is 5.82 Å². The summed E-state index contributed by atoms with van der Waals surface area (Å²) in [7, 11) is 0. The maximum Gasteiger partial charge on any atom is 0.128 e. The average Bonchev–Trinajstić information content (AvgIpc) is 2.70. The highest BCUT2D eigenvalue weighted by atomic mass is 32.1. The topological polar surface area (TPSA) is 38.9 Å². The zero-order valence-electron chi connectivity index (χ0n) is 7.40. The highest BCUT2D eigenvalue weighted by Crippen LogP contribution is 2.23. The zero-order valence-corrected chi connectivity index (χ0v) is 8.22. The van der Waals surface area contributed by atoms with Gasteiger partial charge in [0.25, 0.3) is 0 Å². The molecule has 0 bridgehead atoms. The molecule has 0 aliphatic carbocycles. The van der Waals surface area contributed by atoms with E-state index in [4.69, 9.17) is 5.73 Å². The summed E-state index contributed by atoms with van der Waals surface area (Å²) in [6, 6.07) is 5.01. The van der Waals surface area contributed by atoms with Crippen LogP contribution in [0.1, 0.15) is 5.56 Å². The minimum Gasteiger partial charge on any atom is -0.326 e. The Morgan fingerprint density at radius 3 is 2.86 bits per heavy atom. The largest absolute Gasteiger partial charge is 0.326 e. The number of nitrogens with two attached hydrogens (primary N) is 1. The second kappa shape index (κ2) is 3.86. The van der Waals surface area contributed by atoms with Gasteiger partial charge >= 0.3 is 0 Å². The van der Waals surface area contributed by atoms with Crippen LogP contribution in [0.3, 0.4) is 0 Å². The Morgan fingerprint density at radius 2 is 2.29 bits per heavy atom. The molecule has 0 fully saturated rings. The van der Waals surface area contributed by atoms with Crippen LogP contribution >= 0.6 is 11.3 Å². The van der Waals surface area contributed by atoms with Crippen molar-refractivity contribution < 1.29 is 4.39 Å². The molecule has 1 aromatic carbocycles. The molecule has 72 valence electrons. The van der Waals surface area contributed by atoms with E-state index in [9.17, 15) is 4.39 Å². The van der Waals surface area contributed by atoms with Crippen molar-refractivity contribution in [3.8, 4) is 10.6 Å². The highest BCUT2D eigenvalue weighted by molar-refractivity contribution is 7.13. The van der Waals surface area contributed by atoms with Gasteiger partial charge in [0.1, 0.15) is 10.8 Å². The number of nitrogens with zero attached hydrogens (tertiary/aromatic N) is 1. The van der Waals surface area contributed by atoms with E-state index in [1.807, 2.05) is 11.4 Å². The fourth-order valence-electron chi connectivity index (χ4n) is 1.21. The standard InChI is InChI=1S/C10H9FN2S/c11-9-5-7(1-2-8(9)6-12)10-13-3-4-14-10/h1-5H,6,12H2. The van der Waals surface area contributed by atoms with Gasteiger partial charge in [-0.25, -0.2) is 9.37 Å². The summed E-state index contributed by atoms with van der Waals surface area (Å²) in [5.74, 6) is -0.264. The van der Waals surface area contributed by atoms with E-state index in [-0.39, 0.29) is 12.4 Å². The van der Waals surface area contributed by atoms with E-state index in [2.05, 4.69) is 4.98 Å². The number of rotatable bonds is 2. The molecule has 0 saturated carbocycles. The van der Waals surface area contributed by atoms with Gasteiger partial charge in [0, 0.05) is 29.2 Å². The molecule has 2 N–H and O–H groups in total. The fraction of sp³-hybridized carbons (Fsp3) is 0.100. The van der Waals surface area contributed by atoms with Crippen molar-refractivity contribution in [1.82, 2.24) is 4.98 Å². The van der Waals surface area contributed by atoms with Gasteiger partial charge in [-0.05, 0) is 6.07 Å². The molecule has 0 radical (unpaired) electrons. The van der Waals surface area contributed by atoms with Crippen molar-refractivity contribution in [1.29, 1.82) is 0 Å². The lowest BCUT2D eigenvalue weighted by Crippen LogP contribution is -1.99. The maximum atomic E-state index is 13.3. The number of halogens is 1. The monoisotopic (exact) mass is 208 g/mol. The van der Waals surface area contributed by atoms with Crippen LogP contribution in [0.4, 0.5) is 4.39 Å². The van der Waals surface area contributed by atoms with E-state index in [1.54, 1.807) is 12.3 Å².